The predicted octanol–water partition coefficient (Wildman–Crippen LogP) is 15.5. The molecular weight excluding hydrogens is 777 g/mol. The van der Waals surface area contributed by atoms with Crippen molar-refractivity contribution in [3.8, 4) is 0 Å². The van der Waals surface area contributed by atoms with Crippen molar-refractivity contribution in [2.24, 2.45) is 0 Å². The fourth-order valence-corrected chi connectivity index (χ4v) is 9.76. The van der Waals surface area contributed by atoms with E-state index in [1.807, 2.05) is 72.8 Å². The van der Waals surface area contributed by atoms with E-state index in [1.165, 1.54) is 46.5 Å². The predicted molar refractivity (Wildman–Crippen MR) is 244 cm³/mol. The van der Waals surface area contributed by atoms with Gasteiger partial charge in [0, 0.05) is 34.3 Å². The molecule has 0 aromatic heterocycles. The van der Waals surface area contributed by atoms with E-state index >= 15 is 17.6 Å². The van der Waals surface area contributed by atoms with Crippen molar-refractivity contribution in [3.63, 3.8) is 0 Å². The van der Waals surface area contributed by atoms with Gasteiger partial charge in [0.25, 0.3) is 0 Å². The van der Waals surface area contributed by atoms with Gasteiger partial charge in [0.1, 0.15) is 23.3 Å². The van der Waals surface area contributed by atoms with Crippen molar-refractivity contribution in [3.05, 3.63) is 250 Å². The molecule has 304 valence electrons. The van der Waals surface area contributed by atoms with E-state index in [9.17, 15) is 0 Å². The smallest absolute Gasteiger partial charge is 0.126 e. The van der Waals surface area contributed by atoms with Crippen LogP contribution in [0.1, 0.15) is 72.2 Å². The van der Waals surface area contributed by atoms with Crippen LogP contribution in [0.25, 0.3) is 11.1 Å². The molecule has 2 aliphatic heterocycles. The number of nitrogens with zero attached hydrogens (tertiary/aromatic N) is 2. The van der Waals surface area contributed by atoms with Crippen LogP contribution >= 0.6 is 0 Å². The maximum absolute atomic E-state index is 15.3. The van der Waals surface area contributed by atoms with Crippen LogP contribution in [0.2, 0.25) is 0 Å². The van der Waals surface area contributed by atoms with Gasteiger partial charge in [0.15, 0.2) is 0 Å². The summed E-state index contributed by atoms with van der Waals surface area (Å²) in [5, 5.41) is 0. The Labute approximate surface area is 359 Å². The molecule has 2 aliphatic rings. The summed E-state index contributed by atoms with van der Waals surface area (Å²) in [7, 11) is 0. The number of anilines is 6. The molecule has 0 saturated carbocycles. The Morgan fingerprint density at radius 2 is 0.581 bits per heavy atom. The third-order valence-electron chi connectivity index (χ3n) is 12.7. The molecule has 62 heavy (non-hydrogen) atoms. The summed E-state index contributed by atoms with van der Waals surface area (Å²) in [6.07, 6.45) is 0. The van der Waals surface area contributed by atoms with Gasteiger partial charge < -0.3 is 9.80 Å². The van der Waals surface area contributed by atoms with Crippen molar-refractivity contribution in [2.75, 3.05) is 9.80 Å². The number of hydrogen-bond acceptors (Lipinski definition) is 2. The Hall–Kier alpha value is -7.18. The molecule has 0 N–H and O–H groups in total. The molecule has 0 atom stereocenters. The summed E-state index contributed by atoms with van der Waals surface area (Å²) in [5.41, 5.74) is 12.6. The molecule has 8 aromatic rings. The standard InChI is InChI=1S/C56H42F4N2/c1-55(2)45-13-5-9-17-49(45)61(50-18-10-6-14-46(50)55)43-25-21-35(22-26-43)53(37-29-39(57)33-40(58)30-37)54(38-31-41(59)34-42(60)32-38)36-23-27-44(28-24-36)62-51-19-11-7-15-47(51)56(3,4)48-16-8-12-20-52(48)62/h5-34H,1-4H3/b54-53+. The molecule has 0 unspecified atom stereocenters. The van der Waals surface area contributed by atoms with E-state index < -0.39 is 23.3 Å². The van der Waals surface area contributed by atoms with Crippen LogP contribution in [0.5, 0.6) is 0 Å². The highest BCUT2D eigenvalue weighted by atomic mass is 19.1. The third-order valence-corrected chi connectivity index (χ3v) is 12.7. The zero-order valence-corrected chi connectivity index (χ0v) is 34.7. The Balaban J connectivity index is 1.17. The van der Waals surface area contributed by atoms with Crippen LogP contribution in [-0.2, 0) is 10.8 Å². The van der Waals surface area contributed by atoms with Crippen LogP contribution in [0.15, 0.2) is 182 Å². The number of para-hydroxylation sites is 4. The van der Waals surface area contributed by atoms with Crippen LogP contribution in [0.3, 0.4) is 0 Å². The van der Waals surface area contributed by atoms with Crippen LogP contribution < -0.4 is 9.80 Å². The average Bonchev–Trinajstić information content (AvgIpc) is 3.26. The summed E-state index contributed by atoms with van der Waals surface area (Å²) in [6.45, 7) is 8.92. The second-order valence-electron chi connectivity index (χ2n) is 17.1. The lowest BCUT2D eigenvalue weighted by Gasteiger charge is -2.42. The van der Waals surface area contributed by atoms with Gasteiger partial charge >= 0.3 is 0 Å². The van der Waals surface area contributed by atoms with E-state index in [0.29, 0.717) is 22.3 Å². The van der Waals surface area contributed by atoms with Gasteiger partial charge in [-0.1, -0.05) is 125 Å². The number of halogens is 4. The zero-order chi connectivity index (χ0) is 42.9. The lowest BCUT2D eigenvalue weighted by atomic mass is 9.73. The molecule has 0 bridgehead atoms. The van der Waals surface area contributed by atoms with E-state index in [2.05, 4.69) is 110 Å². The summed E-state index contributed by atoms with van der Waals surface area (Å²) < 4.78 is 61.3. The molecule has 8 aromatic carbocycles. The fourth-order valence-electron chi connectivity index (χ4n) is 9.76. The molecule has 0 radical (unpaired) electrons. The number of rotatable bonds is 6. The van der Waals surface area contributed by atoms with Gasteiger partial charge in [-0.2, -0.15) is 0 Å². The van der Waals surface area contributed by atoms with Gasteiger partial charge in [0.05, 0.1) is 22.7 Å². The molecule has 2 nitrogen and oxygen atoms in total. The minimum absolute atomic E-state index is 0.218. The highest BCUT2D eigenvalue weighted by molar-refractivity contribution is 6.05. The SMILES string of the molecule is CC1(C)c2ccccc2N(c2ccc(/C(=C(/c3ccc(N4c5ccccc5C(C)(C)c5ccccc54)cc3)c3cc(F)cc(F)c3)c3cc(F)cc(F)c3)cc2)c2ccccc21. The summed E-state index contributed by atoms with van der Waals surface area (Å²) >= 11 is 0. The molecule has 6 heteroatoms. The van der Waals surface area contributed by atoms with Crippen molar-refractivity contribution in [1.82, 2.24) is 0 Å². The lowest BCUT2D eigenvalue weighted by Crippen LogP contribution is -2.30. The summed E-state index contributed by atoms with van der Waals surface area (Å²) in [5.74, 6) is -3.10. The number of fused-ring (bicyclic) bond motifs is 4. The highest BCUT2D eigenvalue weighted by Crippen LogP contribution is 2.53. The molecule has 10 rings (SSSR count). The lowest BCUT2D eigenvalue weighted by molar-refractivity contribution is 0.581. The van der Waals surface area contributed by atoms with Crippen molar-refractivity contribution in [1.29, 1.82) is 0 Å². The topological polar surface area (TPSA) is 6.48 Å². The Morgan fingerprint density at radius 3 is 0.855 bits per heavy atom. The Bertz CT molecular complexity index is 2730. The van der Waals surface area contributed by atoms with Gasteiger partial charge in [0.2, 0.25) is 0 Å². The normalized spacial score (nSPS) is 14.9. The first-order valence-corrected chi connectivity index (χ1v) is 20.8. The first-order valence-electron chi connectivity index (χ1n) is 20.8. The first kappa shape index (κ1) is 39.0. The minimum Gasteiger partial charge on any atom is -0.310 e. The monoisotopic (exact) mass is 818 g/mol. The van der Waals surface area contributed by atoms with E-state index in [0.717, 1.165) is 46.3 Å². The van der Waals surface area contributed by atoms with Gasteiger partial charge in [-0.05, 0) is 128 Å². The van der Waals surface area contributed by atoms with Crippen LogP contribution in [0.4, 0.5) is 51.7 Å². The Morgan fingerprint density at radius 1 is 0.323 bits per heavy atom. The van der Waals surface area contributed by atoms with Crippen LogP contribution in [0, 0.1) is 23.3 Å². The Kier molecular flexibility index (Phi) is 9.29. The molecule has 0 spiro atoms. The largest absolute Gasteiger partial charge is 0.310 e. The maximum atomic E-state index is 15.3. The summed E-state index contributed by atoms with van der Waals surface area (Å²) in [4.78, 5) is 4.45. The van der Waals surface area contributed by atoms with E-state index in [1.54, 1.807) is 0 Å². The minimum atomic E-state index is -0.774. The fraction of sp³-hybridized carbons (Fsp3) is 0.107. The molecule has 0 fully saturated rings. The highest BCUT2D eigenvalue weighted by Gasteiger charge is 2.38. The molecular formula is C56H42F4N2. The summed E-state index contributed by atoms with van der Waals surface area (Å²) in [6, 6.07) is 55.7. The van der Waals surface area contributed by atoms with E-state index in [4.69, 9.17) is 0 Å². The molecule has 0 amide bonds. The maximum Gasteiger partial charge on any atom is 0.126 e. The molecule has 0 saturated heterocycles. The zero-order valence-electron chi connectivity index (χ0n) is 34.7. The van der Waals surface area contributed by atoms with Gasteiger partial charge in [-0.15, -0.1) is 0 Å². The number of benzene rings is 8. The van der Waals surface area contributed by atoms with Gasteiger partial charge in [-0.3, -0.25) is 0 Å². The average molecular weight is 819 g/mol. The number of hydrogen-bond donors (Lipinski definition) is 0. The quantitative estimate of drug-likeness (QED) is 0.122. The third kappa shape index (κ3) is 6.40. The van der Waals surface area contributed by atoms with Crippen LogP contribution in [-0.4, -0.2) is 0 Å². The van der Waals surface area contributed by atoms with Crippen molar-refractivity contribution < 1.29 is 17.6 Å². The van der Waals surface area contributed by atoms with Crippen molar-refractivity contribution in [2.45, 2.75) is 38.5 Å². The van der Waals surface area contributed by atoms with Gasteiger partial charge in [-0.25, -0.2) is 17.6 Å². The first-order chi connectivity index (χ1) is 29.9. The molecule has 0 aliphatic carbocycles. The van der Waals surface area contributed by atoms with Crippen molar-refractivity contribution >= 4 is 45.3 Å². The second-order valence-corrected chi connectivity index (χ2v) is 17.1. The molecule has 2 heterocycles. The van der Waals surface area contributed by atoms with E-state index in [-0.39, 0.29) is 22.0 Å². The second kappa shape index (κ2) is 14.8.